The van der Waals surface area contributed by atoms with E-state index in [1.54, 1.807) is 25.1 Å². The van der Waals surface area contributed by atoms with Crippen LogP contribution in [-0.2, 0) is 16.0 Å². The summed E-state index contributed by atoms with van der Waals surface area (Å²) >= 11 is 0. The highest BCUT2D eigenvalue weighted by Gasteiger charge is 2.19. The largest absolute Gasteiger partial charge is 0.453 e. The number of esters is 1. The lowest BCUT2D eigenvalue weighted by molar-refractivity contribution is -0.149. The lowest BCUT2D eigenvalue weighted by atomic mass is 10.1. The minimum atomic E-state index is -0.687. The summed E-state index contributed by atoms with van der Waals surface area (Å²) in [7, 11) is 0. The first kappa shape index (κ1) is 19.5. The van der Waals surface area contributed by atoms with E-state index in [2.05, 4.69) is 20.2 Å². The van der Waals surface area contributed by atoms with Crippen molar-refractivity contribution in [1.82, 2.24) is 20.2 Å². The summed E-state index contributed by atoms with van der Waals surface area (Å²) in [4.78, 5) is 31.4. The van der Waals surface area contributed by atoms with Crippen LogP contribution in [0.25, 0.3) is 22.4 Å². The molecule has 1 N–H and O–H groups in total. The van der Waals surface area contributed by atoms with Gasteiger partial charge in [-0.25, -0.2) is 4.98 Å². The Morgan fingerprint density at radius 2 is 1.90 bits per heavy atom. The Hall–Kier alpha value is -3.81. The van der Waals surface area contributed by atoms with E-state index in [0.717, 1.165) is 11.1 Å². The summed E-state index contributed by atoms with van der Waals surface area (Å²) in [6, 6.07) is 14.7. The first-order valence-corrected chi connectivity index (χ1v) is 9.57. The Labute approximate surface area is 171 Å². The Morgan fingerprint density at radius 3 is 2.70 bits per heavy atom. The van der Waals surface area contributed by atoms with Crippen molar-refractivity contribution >= 4 is 16.9 Å². The number of nitrogens with zero attached hydrogens (tertiary/aromatic N) is 3. The van der Waals surface area contributed by atoms with Crippen molar-refractivity contribution in [2.75, 3.05) is 0 Å². The zero-order valence-electron chi connectivity index (χ0n) is 16.6. The van der Waals surface area contributed by atoms with Crippen LogP contribution in [0.5, 0.6) is 0 Å². The van der Waals surface area contributed by atoms with Gasteiger partial charge in [0.15, 0.2) is 6.10 Å². The Morgan fingerprint density at radius 1 is 1.13 bits per heavy atom. The molecule has 0 radical (unpaired) electrons. The molecular weight excluding hydrogens is 384 g/mol. The maximum atomic E-state index is 12.2. The number of fused-ring (bicyclic) bond motifs is 1. The lowest BCUT2D eigenvalue weighted by Crippen LogP contribution is -2.14. The highest BCUT2D eigenvalue weighted by Crippen LogP contribution is 2.23. The van der Waals surface area contributed by atoms with Crippen molar-refractivity contribution < 1.29 is 13.9 Å². The van der Waals surface area contributed by atoms with Crippen molar-refractivity contribution in [2.24, 2.45) is 0 Å². The van der Waals surface area contributed by atoms with E-state index in [1.165, 1.54) is 0 Å². The van der Waals surface area contributed by atoms with Gasteiger partial charge < -0.3 is 14.1 Å². The molecule has 30 heavy (non-hydrogen) atoms. The molecule has 152 valence electrons. The summed E-state index contributed by atoms with van der Waals surface area (Å²) in [5, 5.41) is 8.51. The third-order valence-corrected chi connectivity index (χ3v) is 4.62. The standard InChI is InChI=1S/C22H20N4O4/c1-13-7-9-15(10-8-13)22-26-25-21(30-22)14(2)29-19(27)12-11-18-23-17-6-4-3-5-16(17)20(28)24-18/h3-10,14H,11-12H2,1-2H3,(H,23,24,28)/t14-/m1/s1. The SMILES string of the molecule is Cc1ccc(-c2nnc([C@@H](C)OC(=O)CCc3nc4ccccc4c(=O)[nH]3)o2)cc1. The Balaban J connectivity index is 1.37. The van der Waals surface area contributed by atoms with Gasteiger partial charge in [-0.15, -0.1) is 10.2 Å². The molecule has 2 heterocycles. The predicted molar refractivity (Wildman–Crippen MR) is 110 cm³/mol. The smallest absolute Gasteiger partial charge is 0.307 e. The topological polar surface area (TPSA) is 111 Å². The van der Waals surface area contributed by atoms with Gasteiger partial charge in [-0.05, 0) is 38.1 Å². The monoisotopic (exact) mass is 404 g/mol. The van der Waals surface area contributed by atoms with E-state index >= 15 is 0 Å². The normalized spacial score (nSPS) is 12.1. The fraction of sp³-hybridized carbons (Fsp3) is 0.227. The molecule has 4 rings (SSSR count). The molecule has 0 spiro atoms. The molecule has 8 heteroatoms. The summed E-state index contributed by atoms with van der Waals surface area (Å²) in [6.07, 6.45) is -0.373. The molecule has 2 aromatic heterocycles. The predicted octanol–water partition coefficient (Wildman–Crippen LogP) is 3.52. The third-order valence-electron chi connectivity index (χ3n) is 4.62. The molecule has 8 nitrogen and oxygen atoms in total. The van der Waals surface area contributed by atoms with E-state index in [4.69, 9.17) is 9.15 Å². The molecule has 0 saturated carbocycles. The van der Waals surface area contributed by atoms with Crippen LogP contribution in [0.3, 0.4) is 0 Å². The van der Waals surface area contributed by atoms with Gasteiger partial charge in [0.05, 0.1) is 17.3 Å². The Bertz CT molecular complexity index is 1240. The van der Waals surface area contributed by atoms with Crippen molar-refractivity contribution in [3.8, 4) is 11.5 Å². The average Bonchev–Trinajstić information content (AvgIpc) is 3.23. The van der Waals surface area contributed by atoms with Gasteiger partial charge in [-0.1, -0.05) is 29.8 Å². The molecule has 4 aromatic rings. The van der Waals surface area contributed by atoms with Crippen LogP contribution < -0.4 is 5.56 Å². The number of aromatic nitrogens is 4. The second-order valence-electron chi connectivity index (χ2n) is 6.97. The average molecular weight is 404 g/mol. The number of para-hydroxylation sites is 1. The molecule has 0 unspecified atom stereocenters. The number of carbonyl (C=O) groups excluding carboxylic acids is 1. The summed E-state index contributed by atoms with van der Waals surface area (Å²) < 4.78 is 11.0. The maximum Gasteiger partial charge on any atom is 0.307 e. The molecule has 0 amide bonds. The van der Waals surface area contributed by atoms with Gasteiger partial charge in [-0.2, -0.15) is 0 Å². The maximum absolute atomic E-state index is 12.2. The molecule has 1 atom stereocenters. The quantitative estimate of drug-likeness (QED) is 0.489. The van der Waals surface area contributed by atoms with Crippen molar-refractivity contribution in [3.05, 3.63) is 76.2 Å². The summed E-state index contributed by atoms with van der Waals surface area (Å²) in [5.41, 5.74) is 2.28. The third kappa shape index (κ3) is 4.27. The summed E-state index contributed by atoms with van der Waals surface area (Å²) in [6.45, 7) is 3.66. The number of carbonyl (C=O) groups is 1. The van der Waals surface area contributed by atoms with E-state index in [1.807, 2.05) is 37.3 Å². The van der Waals surface area contributed by atoms with Crippen molar-refractivity contribution in [2.45, 2.75) is 32.8 Å². The van der Waals surface area contributed by atoms with Crippen LogP contribution in [0.4, 0.5) is 0 Å². The molecule has 0 aliphatic carbocycles. The van der Waals surface area contributed by atoms with Gasteiger partial charge in [0.1, 0.15) is 5.82 Å². The van der Waals surface area contributed by atoms with Crippen LogP contribution in [0.2, 0.25) is 0 Å². The molecule has 2 aromatic carbocycles. The first-order valence-electron chi connectivity index (χ1n) is 9.57. The Kier molecular flexibility index (Phi) is 5.38. The van der Waals surface area contributed by atoms with E-state index < -0.39 is 12.1 Å². The second-order valence-corrected chi connectivity index (χ2v) is 6.97. The zero-order chi connectivity index (χ0) is 21.1. The summed E-state index contributed by atoms with van der Waals surface area (Å²) in [5.74, 6) is 0.568. The molecule has 0 fully saturated rings. The van der Waals surface area contributed by atoms with Gasteiger partial charge in [-0.3, -0.25) is 9.59 Å². The molecule has 0 bridgehead atoms. The van der Waals surface area contributed by atoms with Crippen LogP contribution in [0, 0.1) is 6.92 Å². The van der Waals surface area contributed by atoms with Crippen molar-refractivity contribution in [3.63, 3.8) is 0 Å². The van der Waals surface area contributed by atoms with E-state index in [9.17, 15) is 9.59 Å². The number of hydrogen-bond acceptors (Lipinski definition) is 7. The number of ether oxygens (including phenoxy) is 1. The molecule has 0 saturated heterocycles. The number of H-pyrrole nitrogens is 1. The number of aryl methyl sites for hydroxylation is 2. The second kappa shape index (κ2) is 8.28. The zero-order valence-corrected chi connectivity index (χ0v) is 16.6. The molecule has 0 aliphatic heterocycles. The van der Waals surface area contributed by atoms with Gasteiger partial charge in [0, 0.05) is 12.0 Å². The lowest BCUT2D eigenvalue weighted by Gasteiger charge is -2.09. The molecule has 0 aliphatic rings. The minimum absolute atomic E-state index is 0.0601. The fourth-order valence-corrected chi connectivity index (χ4v) is 2.99. The van der Waals surface area contributed by atoms with Crippen molar-refractivity contribution in [1.29, 1.82) is 0 Å². The number of rotatable bonds is 6. The van der Waals surface area contributed by atoms with Crippen LogP contribution in [0.15, 0.2) is 57.7 Å². The van der Waals surface area contributed by atoms with Gasteiger partial charge >= 0.3 is 5.97 Å². The minimum Gasteiger partial charge on any atom is -0.453 e. The van der Waals surface area contributed by atoms with Crippen LogP contribution in [-0.4, -0.2) is 26.1 Å². The van der Waals surface area contributed by atoms with Crippen LogP contribution in [0.1, 0.15) is 36.7 Å². The number of hydrogen-bond donors (Lipinski definition) is 1. The van der Waals surface area contributed by atoms with E-state index in [-0.39, 0.29) is 24.3 Å². The van der Waals surface area contributed by atoms with E-state index in [0.29, 0.717) is 22.6 Å². The number of benzene rings is 2. The van der Waals surface area contributed by atoms with Gasteiger partial charge in [0.25, 0.3) is 11.4 Å². The highest BCUT2D eigenvalue weighted by molar-refractivity contribution is 5.77. The number of nitrogens with one attached hydrogen (secondary N) is 1. The fourth-order valence-electron chi connectivity index (χ4n) is 2.99. The molecular formula is C22H20N4O4. The van der Waals surface area contributed by atoms with Gasteiger partial charge in [0.2, 0.25) is 5.89 Å². The van der Waals surface area contributed by atoms with Crippen LogP contribution >= 0.6 is 0 Å². The first-order chi connectivity index (χ1) is 14.5. The number of aromatic amines is 1. The highest BCUT2D eigenvalue weighted by atomic mass is 16.6.